The fourth-order valence-corrected chi connectivity index (χ4v) is 0. The third-order valence-corrected chi connectivity index (χ3v) is 0. The molecular weight excluding hydrogens is 389 g/mol. The Bertz CT molecular complexity index is 61.5. The quantitative estimate of drug-likeness (QED) is 0.479. The van der Waals surface area contributed by atoms with Crippen LogP contribution in [0.25, 0.3) is 0 Å². The van der Waals surface area contributed by atoms with Crippen molar-refractivity contribution < 1.29 is 42.8 Å². The molecule has 0 amide bonds. The van der Waals surface area contributed by atoms with Gasteiger partial charge in [-0.2, -0.15) is 0 Å². The van der Waals surface area contributed by atoms with Gasteiger partial charge in [0.05, 0.1) is 0 Å². The summed E-state index contributed by atoms with van der Waals surface area (Å²) in [5.41, 5.74) is 0. The van der Waals surface area contributed by atoms with Gasteiger partial charge in [0.15, 0.2) is 0 Å². The van der Waals surface area contributed by atoms with Gasteiger partial charge < -0.3 is 20.4 Å². The molecule has 0 spiro atoms. The van der Waals surface area contributed by atoms with Gasteiger partial charge >= 0.3 is 0 Å². The number of hydrogen-bond donors (Lipinski definition) is 4. The van der Waals surface area contributed by atoms with Crippen LogP contribution in [0, 0.1) is 0 Å². The molecule has 0 rings (SSSR count). The first kappa shape index (κ1) is 30.5. The zero-order valence-corrected chi connectivity index (χ0v) is 15.8. The number of hydrogen-bond acceptors (Lipinski definition) is 4. The summed E-state index contributed by atoms with van der Waals surface area (Å²) in [6, 6.07) is 0. The van der Waals surface area contributed by atoms with E-state index in [0.717, 1.165) is 0 Å². The summed E-state index contributed by atoms with van der Waals surface area (Å²) in [5, 5.41) is 32.2. The summed E-state index contributed by atoms with van der Waals surface area (Å²) in [5.74, 6) is 0. The molecule has 0 aliphatic carbocycles. The molecule has 4 nitrogen and oxygen atoms in total. The molecule has 0 aliphatic heterocycles. The first-order valence-electron chi connectivity index (χ1n) is 5.65. The van der Waals surface area contributed by atoms with E-state index in [1.807, 2.05) is 0 Å². The van der Waals surface area contributed by atoms with Gasteiger partial charge in [-0.15, -0.1) is 0 Å². The van der Waals surface area contributed by atoms with Crippen molar-refractivity contribution in [2.75, 3.05) is 0 Å². The van der Waals surface area contributed by atoms with E-state index in [9.17, 15) is 0 Å². The second-order valence-electron chi connectivity index (χ2n) is 4.37. The predicted molar refractivity (Wildman–Crippen MR) is 69.4 cm³/mol. The summed E-state index contributed by atoms with van der Waals surface area (Å²) in [6.45, 7) is 13.8. The zero-order valence-electron chi connectivity index (χ0n) is 12.5. The molecule has 4 N–H and O–H groups in total. The van der Waals surface area contributed by atoms with Crippen molar-refractivity contribution in [3.63, 3.8) is 0 Å². The van der Waals surface area contributed by atoms with Gasteiger partial charge in [0, 0.05) is 46.8 Å². The molecular formula is C12H32O4Ta. The summed E-state index contributed by atoms with van der Waals surface area (Å²) in [4.78, 5) is 0. The van der Waals surface area contributed by atoms with Crippen molar-refractivity contribution in [2.24, 2.45) is 0 Å². The molecule has 0 aromatic heterocycles. The minimum Gasteiger partial charge on any atom is -0.394 e. The van der Waals surface area contributed by atoms with E-state index >= 15 is 0 Å². The minimum absolute atomic E-state index is 0. The fourth-order valence-electron chi connectivity index (χ4n) is 0. The maximum absolute atomic E-state index is 8.06. The van der Waals surface area contributed by atoms with Gasteiger partial charge in [-0.25, -0.2) is 0 Å². The average Bonchev–Trinajstić information content (AvgIpc) is 1.76. The summed E-state index contributed by atoms with van der Waals surface area (Å²) in [7, 11) is 0. The Morgan fingerprint density at radius 3 is 0.412 bits per heavy atom. The van der Waals surface area contributed by atoms with Crippen molar-refractivity contribution in [3.05, 3.63) is 0 Å². The van der Waals surface area contributed by atoms with Crippen molar-refractivity contribution in [3.8, 4) is 0 Å². The molecule has 0 heterocycles. The molecule has 0 aromatic rings. The van der Waals surface area contributed by atoms with E-state index in [4.69, 9.17) is 20.4 Å². The first-order valence-corrected chi connectivity index (χ1v) is 5.65. The Morgan fingerprint density at radius 1 is 0.412 bits per heavy atom. The Kier molecular flexibility index (Phi) is 45.7. The topological polar surface area (TPSA) is 80.9 Å². The van der Waals surface area contributed by atoms with Crippen molar-refractivity contribution in [1.82, 2.24) is 0 Å². The van der Waals surface area contributed by atoms with Gasteiger partial charge in [0.1, 0.15) is 0 Å². The SMILES string of the molecule is CC(C)O.CC(C)O.CC(C)O.CC(C)O.[Ta]. The number of aliphatic hydroxyl groups excluding tert-OH is 4. The molecule has 109 valence electrons. The molecule has 17 heavy (non-hydrogen) atoms. The minimum atomic E-state index is -0.167. The smallest absolute Gasteiger partial charge is 0.0483 e. The Hall–Kier alpha value is 0.580. The molecule has 0 fully saturated rings. The maximum atomic E-state index is 8.06. The second-order valence-corrected chi connectivity index (χ2v) is 4.37. The standard InChI is InChI=1S/4C3H8O.Ta/c4*1-3(2)4;/h4*3-4H,1-2H3;. The van der Waals surface area contributed by atoms with Gasteiger partial charge in [0.2, 0.25) is 0 Å². The Balaban J connectivity index is -0.0000000369. The van der Waals surface area contributed by atoms with Crippen LogP contribution in [-0.4, -0.2) is 44.8 Å². The van der Waals surface area contributed by atoms with Crippen molar-refractivity contribution >= 4 is 0 Å². The number of aliphatic hydroxyl groups is 4. The molecule has 0 aliphatic rings. The molecule has 5 heteroatoms. The number of rotatable bonds is 0. The Labute approximate surface area is 123 Å². The third-order valence-electron chi connectivity index (χ3n) is 0. The normalized spacial score (nSPS) is 8.47. The van der Waals surface area contributed by atoms with Crippen LogP contribution < -0.4 is 0 Å². The summed E-state index contributed by atoms with van der Waals surface area (Å²) >= 11 is 0. The van der Waals surface area contributed by atoms with Crippen LogP contribution in [0.4, 0.5) is 0 Å². The van der Waals surface area contributed by atoms with Crippen molar-refractivity contribution in [2.45, 2.75) is 79.8 Å². The second kappa shape index (κ2) is 25.4. The van der Waals surface area contributed by atoms with Crippen LogP contribution in [0.2, 0.25) is 0 Å². The van der Waals surface area contributed by atoms with Crippen LogP contribution >= 0.6 is 0 Å². The zero-order chi connectivity index (χ0) is 14.3. The molecule has 0 unspecified atom stereocenters. The third kappa shape index (κ3) is 10500. The van der Waals surface area contributed by atoms with E-state index in [1.54, 1.807) is 55.4 Å². The molecule has 0 aromatic carbocycles. The van der Waals surface area contributed by atoms with E-state index in [-0.39, 0.29) is 46.8 Å². The molecule has 0 saturated heterocycles. The molecule has 0 atom stereocenters. The first-order chi connectivity index (χ1) is 6.93. The van der Waals surface area contributed by atoms with Crippen LogP contribution in [0.15, 0.2) is 0 Å². The van der Waals surface area contributed by atoms with Crippen LogP contribution in [0.5, 0.6) is 0 Å². The van der Waals surface area contributed by atoms with Gasteiger partial charge in [0.25, 0.3) is 0 Å². The van der Waals surface area contributed by atoms with Gasteiger partial charge in [-0.05, 0) is 55.4 Å². The van der Waals surface area contributed by atoms with Gasteiger partial charge in [-0.1, -0.05) is 0 Å². The predicted octanol–water partition coefficient (Wildman–Crippen LogP) is 1.55. The van der Waals surface area contributed by atoms with Gasteiger partial charge in [-0.3, -0.25) is 0 Å². The maximum Gasteiger partial charge on any atom is 0.0483 e. The average molecular weight is 421 g/mol. The summed E-state index contributed by atoms with van der Waals surface area (Å²) in [6.07, 6.45) is -0.667. The molecule has 0 saturated carbocycles. The molecule has 0 bridgehead atoms. The summed E-state index contributed by atoms with van der Waals surface area (Å²) < 4.78 is 0. The van der Waals surface area contributed by atoms with E-state index in [1.165, 1.54) is 0 Å². The van der Waals surface area contributed by atoms with Crippen molar-refractivity contribution in [1.29, 1.82) is 0 Å². The monoisotopic (exact) mass is 421 g/mol. The Morgan fingerprint density at radius 2 is 0.412 bits per heavy atom. The van der Waals surface area contributed by atoms with Crippen LogP contribution in [0.1, 0.15) is 55.4 Å². The molecule has 1 radical (unpaired) electrons. The van der Waals surface area contributed by atoms with Crippen LogP contribution in [0.3, 0.4) is 0 Å². The largest absolute Gasteiger partial charge is 0.394 e. The fraction of sp³-hybridized carbons (Fsp3) is 1.00. The van der Waals surface area contributed by atoms with E-state index < -0.39 is 0 Å². The van der Waals surface area contributed by atoms with E-state index in [2.05, 4.69) is 0 Å². The van der Waals surface area contributed by atoms with Crippen LogP contribution in [-0.2, 0) is 22.4 Å². The van der Waals surface area contributed by atoms with E-state index in [0.29, 0.717) is 0 Å².